The lowest BCUT2D eigenvalue weighted by Crippen LogP contribution is -2.30. The highest BCUT2D eigenvalue weighted by atomic mass is 16.3. The molecule has 33 heavy (non-hydrogen) atoms. The number of carbonyl (C=O) groups excluding carboxylic acids is 1. The highest BCUT2D eigenvalue weighted by Crippen LogP contribution is 2.31. The van der Waals surface area contributed by atoms with E-state index < -0.39 is 17.4 Å². The predicted molar refractivity (Wildman–Crippen MR) is 123 cm³/mol. The van der Waals surface area contributed by atoms with Crippen molar-refractivity contribution >= 4 is 11.6 Å². The zero-order valence-corrected chi connectivity index (χ0v) is 17.7. The Labute approximate surface area is 189 Å². The van der Waals surface area contributed by atoms with E-state index in [4.69, 9.17) is 0 Å². The molecule has 0 saturated heterocycles. The molecule has 0 aliphatic rings. The molecule has 2 aromatic carbocycles. The van der Waals surface area contributed by atoms with E-state index in [1.54, 1.807) is 54.7 Å². The SMILES string of the molecule is O=C(C[C@H](c1ccccc1)c1c(O)nc2ccccn2c1=O)NCCc1ccc(O)c(O)c1. The van der Waals surface area contributed by atoms with Gasteiger partial charge in [0.2, 0.25) is 11.8 Å². The quantitative estimate of drug-likeness (QED) is 0.324. The van der Waals surface area contributed by atoms with Crippen LogP contribution in [0, 0.1) is 0 Å². The number of benzene rings is 2. The second-order valence-electron chi connectivity index (χ2n) is 7.67. The van der Waals surface area contributed by atoms with Crippen molar-refractivity contribution in [3.8, 4) is 17.4 Å². The van der Waals surface area contributed by atoms with Gasteiger partial charge in [0, 0.05) is 25.1 Å². The van der Waals surface area contributed by atoms with Crippen LogP contribution in [0.25, 0.3) is 5.65 Å². The summed E-state index contributed by atoms with van der Waals surface area (Å²) in [7, 11) is 0. The van der Waals surface area contributed by atoms with Gasteiger partial charge in [-0.2, -0.15) is 4.98 Å². The van der Waals surface area contributed by atoms with Crippen molar-refractivity contribution in [3.63, 3.8) is 0 Å². The second kappa shape index (κ2) is 9.44. The highest BCUT2D eigenvalue weighted by molar-refractivity contribution is 5.77. The van der Waals surface area contributed by atoms with Gasteiger partial charge < -0.3 is 20.6 Å². The van der Waals surface area contributed by atoms with Crippen LogP contribution >= 0.6 is 0 Å². The third kappa shape index (κ3) is 4.79. The van der Waals surface area contributed by atoms with E-state index in [-0.39, 0.29) is 29.4 Å². The fraction of sp³-hybridized carbons (Fsp3) is 0.160. The number of rotatable bonds is 7. The number of hydrogen-bond donors (Lipinski definition) is 4. The fourth-order valence-corrected chi connectivity index (χ4v) is 3.80. The summed E-state index contributed by atoms with van der Waals surface area (Å²) in [6.07, 6.45) is 1.96. The molecule has 0 saturated carbocycles. The molecular formula is C25H23N3O5. The van der Waals surface area contributed by atoms with Crippen LogP contribution in [-0.2, 0) is 11.2 Å². The summed E-state index contributed by atoms with van der Waals surface area (Å²) in [5.41, 5.74) is 1.40. The molecule has 0 aliphatic heterocycles. The molecule has 0 bridgehead atoms. The number of nitrogens with one attached hydrogen (secondary N) is 1. The van der Waals surface area contributed by atoms with Crippen molar-refractivity contribution in [2.45, 2.75) is 18.8 Å². The van der Waals surface area contributed by atoms with Gasteiger partial charge in [0.05, 0.1) is 5.56 Å². The maximum Gasteiger partial charge on any atom is 0.265 e. The van der Waals surface area contributed by atoms with Crippen molar-refractivity contribution in [2.75, 3.05) is 6.54 Å². The molecule has 2 heterocycles. The van der Waals surface area contributed by atoms with Gasteiger partial charge in [0.25, 0.3) is 5.56 Å². The highest BCUT2D eigenvalue weighted by Gasteiger charge is 2.26. The number of aromatic hydroxyl groups is 3. The third-order valence-electron chi connectivity index (χ3n) is 5.46. The summed E-state index contributed by atoms with van der Waals surface area (Å²) in [6, 6.07) is 18.6. The molecule has 2 aromatic heterocycles. The number of amides is 1. The van der Waals surface area contributed by atoms with Crippen LogP contribution in [0.5, 0.6) is 17.4 Å². The number of carbonyl (C=O) groups is 1. The van der Waals surface area contributed by atoms with Crippen molar-refractivity contribution in [1.82, 2.24) is 14.7 Å². The molecule has 0 radical (unpaired) electrons. The van der Waals surface area contributed by atoms with E-state index in [0.29, 0.717) is 24.2 Å². The zero-order valence-electron chi connectivity index (χ0n) is 17.7. The topological polar surface area (TPSA) is 124 Å². The standard InChI is InChI=1S/C25H23N3O5/c29-19-10-9-16(14-20(19)30)11-12-26-22(31)15-18(17-6-2-1-3-7-17)23-24(32)27-21-8-4-5-13-28(21)25(23)33/h1-10,13-14,18,29-30,32H,11-12,15H2,(H,26,31)/t18-/m1/s1. The monoisotopic (exact) mass is 445 g/mol. The number of aromatic nitrogens is 2. The lowest BCUT2D eigenvalue weighted by molar-refractivity contribution is -0.121. The number of hydrogen-bond acceptors (Lipinski definition) is 6. The molecule has 4 N–H and O–H groups in total. The Balaban J connectivity index is 1.57. The van der Waals surface area contributed by atoms with Gasteiger partial charge in [-0.05, 0) is 41.8 Å². The maximum atomic E-state index is 13.2. The van der Waals surface area contributed by atoms with E-state index in [1.807, 2.05) is 6.07 Å². The minimum Gasteiger partial charge on any atom is -0.504 e. The van der Waals surface area contributed by atoms with Gasteiger partial charge in [-0.1, -0.05) is 42.5 Å². The van der Waals surface area contributed by atoms with E-state index in [1.165, 1.54) is 16.5 Å². The minimum atomic E-state index is -0.693. The third-order valence-corrected chi connectivity index (χ3v) is 5.46. The Bertz CT molecular complexity index is 1350. The molecule has 1 atom stereocenters. The van der Waals surface area contributed by atoms with Gasteiger partial charge in [-0.25, -0.2) is 0 Å². The summed E-state index contributed by atoms with van der Waals surface area (Å²) < 4.78 is 1.35. The molecule has 4 aromatic rings. The van der Waals surface area contributed by atoms with Crippen LogP contribution < -0.4 is 10.9 Å². The molecule has 4 rings (SSSR count). The van der Waals surface area contributed by atoms with E-state index in [9.17, 15) is 24.9 Å². The fourth-order valence-electron chi connectivity index (χ4n) is 3.80. The Morgan fingerprint density at radius 3 is 2.48 bits per heavy atom. The molecule has 0 unspecified atom stereocenters. The summed E-state index contributed by atoms with van der Waals surface area (Å²) in [4.78, 5) is 30.1. The number of fused-ring (bicyclic) bond motifs is 1. The number of phenolic OH excluding ortho intramolecular Hbond substituents is 2. The summed E-state index contributed by atoms with van der Waals surface area (Å²) >= 11 is 0. The lowest BCUT2D eigenvalue weighted by Gasteiger charge is -2.18. The minimum absolute atomic E-state index is 0.0588. The first kappa shape index (κ1) is 21.9. The van der Waals surface area contributed by atoms with Gasteiger partial charge in [0.15, 0.2) is 11.5 Å². The first-order chi connectivity index (χ1) is 15.9. The number of nitrogens with zero attached hydrogens (tertiary/aromatic N) is 2. The largest absolute Gasteiger partial charge is 0.504 e. The molecule has 8 nitrogen and oxygen atoms in total. The smallest absolute Gasteiger partial charge is 0.265 e. The van der Waals surface area contributed by atoms with Crippen LogP contribution in [0.15, 0.2) is 77.7 Å². The number of pyridine rings is 1. The van der Waals surface area contributed by atoms with E-state index >= 15 is 0 Å². The Morgan fingerprint density at radius 1 is 0.970 bits per heavy atom. The molecule has 0 spiro atoms. The molecule has 0 fully saturated rings. The molecule has 8 heteroatoms. The Morgan fingerprint density at radius 2 is 1.73 bits per heavy atom. The lowest BCUT2D eigenvalue weighted by atomic mass is 9.89. The summed E-state index contributed by atoms with van der Waals surface area (Å²) in [5, 5.41) is 32.4. The van der Waals surface area contributed by atoms with Gasteiger partial charge in [-0.15, -0.1) is 0 Å². The van der Waals surface area contributed by atoms with E-state index in [0.717, 1.165) is 5.56 Å². The molecule has 1 amide bonds. The van der Waals surface area contributed by atoms with Crippen molar-refractivity contribution in [3.05, 3.63) is 100.0 Å². The van der Waals surface area contributed by atoms with Gasteiger partial charge in [0.1, 0.15) is 5.65 Å². The van der Waals surface area contributed by atoms with Gasteiger partial charge >= 0.3 is 0 Å². The van der Waals surface area contributed by atoms with Crippen molar-refractivity contribution in [2.24, 2.45) is 0 Å². The maximum absolute atomic E-state index is 13.2. The first-order valence-corrected chi connectivity index (χ1v) is 10.5. The molecule has 168 valence electrons. The summed E-state index contributed by atoms with van der Waals surface area (Å²) in [6.45, 7) is 0.297. The van der Waals surface area contributed by atoms with Crippen molar-refractivity contribution in [1.29, 1.82) is 0 Å². The van der Waals surface area contributed by atoms with E-state index in [2.05, 4.69) is 10.3 Å². The number of phenols is 2. The van der Waals surface area contributed by atoms with Crippen LogP contribution in [-0.4, -0.2) is 37.2 Å². The van der Waals surface area contributed by atoms with Crippen LogP contribution in [0.2, 0.25) is 0 Å². The van der Waals surface area contributed by atoms with Crippen LogP contribution in [0.4, 0.5) is 0 Å². The van der Waals surface area contributed by atoms with Crippen LogP contribution in [0.1, 0.15) is 29.0 Å². The Kier molecular flexibility index (Phi) is 6.26. The average molecular weight is 445 g/mol. The zero-order chi connectivity index (χ0) is 23.4. The first-order valence-electron chi connectivity index (χ1n) is 10.5. The normalized spacial score (nSPS) is 11.9. The molecule has 0 aliphatic carbocycles. The van der Waals surface area contributed by atoms with Crippen LogP contribution in [0.3, 0.4) is 0 Å². The second-order valence-corrected chi connectivity index (χ2v) is 7.67. The molecular weight excluding hydrogens is 422 g/mol. The predicted octanol–water partition coefficient (Wildman–Crippen LogP) is 2.69. The average Bonchev–Trinajstić information content (AvgIpc) is 2.81. The van der Waals surface area contributed by atoms with Crippen molar-refractivity contribution < 1.29 is 20.1 Å². The Hall–Kier alpha value is -4.33. The van der Waals surface area contributed by atoms with Gasteiger partial charge in [-0.3, -0.25) is 14.0 Å². The summed E-state index contributed by atoms with van der Waals surface area (Å²) in [5.74, 6) is -1.82.